The first kappa shape index (κ1) is 8.72. The largest absolute Gasteiger partial charge is 0.365 e. The van der Waals surface area contributed by atoms with Crippen LogP contribution in [0.4, 0.5) is 0 Å². The molecule has 66 valence electrons. The van der Waals surface area contributed by atoms with E-state index in [2.05, 4.69) is 10.2 Å². The molecule has 0 bridgehead atoms. The molecule has 0 saturated heterocycles. The molecule has 0 unspecified atom stereocenters. The van der Waals surface area contributed by atoms with Crippen molar-refractivity contribution >= 4 is 15.7 Å². The van der Waals surface area contributed by atoms with Crippen molar-refractivity contribution in [1.82, 2.24) is 10.2 Å². The first-order valence-electron chi connectivity index (χ1n) is 2.96. The van der Waals surface area contributed by atoms with Crippen molar-refractivity contribution in [3.63, 3.8) is 0 Å². The van der Waals surface area contributed by atoms with Gasteiger partial charge in [0, 0.05) is 6.26 Å². The van der Waals surface area contributed by atoms with Gasteiger partial charge >= 0.3 is 0 Å². The van der Waals surface area contributed by atoms with E-state index in [1.165, 1.54) is 0 Å². The van der Waals surface area contributed by atoms with E-state index >= 15 is 0 Å². The summed E-state index contributed by atoms with van der Waals surface area (Å²) >= 11 is 0. The van der Waals surface area contributed by atoms with E-state index in [-0.39, 0.29) is 10.6 Å². The van der Waals surface area contributed by atoms with Crippen molar-refractivity contribution in [3.8, 4) is 0 Å². The molecule has 12 heavy (non-hydrogen) atoms. The lowest BCUT2D eigenvalue weighted by atomic mass is 10.3. The molecule has 0 saturated carbocycles. The highest BCUT2D eigenvalue weighted by Gasteiger charge is 2.18. The molecule has 0 fully saturated rings. The Labute approximate surface area is 68.7 Å². The molecule has 1 aromatic rings. The Bertz CT molecular complexity index is 405. The molecular formula is C5H7N3O3S. The lowest BCUT2D eigenvalue weighted by Crippen LogP contribution is -2.14. The summed E-state index contributed by atoms with van der Waals surface area (Å²) in [6, 6.07) is 0. The van der Waals surface area contributed by atoms with Crippen LogP contribution in [-0.2, 0) is 9.84 Å². The van der Waals surface area contributed by atoms with Crippen molar-refractivity contribution in [2.24, 2.45) is 5.73 Å². The van der Waals surface area contributed by atoms with E-state index in [0.29, 0.717) is 0 Å². The number of nitrogens with two attached hydrogens (primary N) is 1. The number of nitrogens with one attached hydrogen (secondary N) is 1. The van der Waals surface area contributed by atoms with Crippen molar-refractivity contribution in [3.05, 3.63) is 11.8 Å². The zero-order valence-electron chi connectivity index (χ0n) is 6.23. The summed E-state index contributed by atoms with van der Waals surface area (Å²) in [5, 5.41) is 5.35. The van der Waals surface area contributed by atoms with Gasteiger partial charge in [0.2, 0.25) is 0 Å². The lowest BCUT2D eigenvalue weighted by molar-refractivity contribution is 0.0997. The Hall–Kier alpha value is -1.37. The van der Waals surface area contributed by atoms with Crippen LogP contribution in [0.15, 0.2) is 11.2 Å². The van der Waals surface area contributed by atoms with Crippen LogP contribution in [0.1, 0.15) is 10.4 Å². The predicted molar refractivity (Wildman–Crippen MR) is 40.2 cm³/mol. The van der Waals surface area contributed by atoms with Gasteiger partial charge in [-0.3, -0.25) is 9.89 Å². The van der Waals surface area contributed by atoms with Crippen molar-refractivity contribution in [1.29, 1.82) is 0 Å². The molecule has 0 radical (unpaired) electrons. The minimum absolute atomic E-state index is 0.113. The highest BCUT2D eigenvalue weighted by atomic mass is 32.2. The molecule has 1 aromatic heterocycles. The average molecular weight is 189 g/mol. The van der Waals surface area contributed by atoms with Gasteiger partial charge in [-0.1, -0.05) is 0 Å². The zero-order valence-corrected chi connectivity index (χ0v) is 7.05. The normalized spacial score (nSPS) is 11.4. The number of sulfone groups is 1. The number of nitrogens with zero attached hydrogens (tertiary/aromatic N) is 1. The topological polar surface area (TPSA) is 106 Å². The van der Waals surface area contributed by atoms with Crippen LogP contribution in [-0.4, -0.2) is 30.8 Å². The Morgan fingerprint density at radius 1 is 1.67 bits per heavy atom. The molecule has 0 aromatic carbocycles. The van der Waals surface area contributed by atoms with Crippen molar-refractivity contribution in [2.45, 2.75) is 5.03 Å². The van der Waals surface area contributed by atoms with Gasteiger partial charge < -0.3 is 5.73 Å². The number of aromatic nitrogens is 2. The van der Waals surface area contributed by atoms with Gasteiger partial charge in [-0.2, -0.15) is 5.10 Å². The van der Waals surface area contributed by atoms with E-state index in [1.54, 1.807) is 0 Å². The van der Waals surface area contributed by atoms with Crippen molar-refractivity contribution < 1.29 is 13.2 Å². The summed E-state index contributed by atoms with van der Waals surface area (Å²) in [5.41, 5.74) is 4.78. The Morgan fingerprint density at radius 3 is 2.58 bits per heavy atom. The van der Waals surface area contributed by atoms with Crippen LogP contribution in [0, 0.1) is 0 Å². The average Bonchev–Trinajstić information content (AvgIpc) is 2.30. The lowest BCUT2D eigenvalue weighted by Gasteiger charge is -1.94. The number of carbonyl (C=O) groups is 1. The molecule has 3 N–H and O–H groups in total. The van der Waals surface area contributed by atoms with Crippen LogP contribution in [0.2, 0.25) is 0 Å². The first-order chi connectivity index (χ1) is 5.43. The van der Waals surface area contributed by atoms with Crippen molar-refractivity contribution in [2.75, 3.05) is 6.26 Å². The summed E-state index contributed by atoms with van der Waals surface area (Å²) in [6.07, 6.45) is 2.05. The quantitative estimate of drug-likeness (QED) is 0.616. The van der Waals surface area contributed by atoms with E-state index in [0.717, 1.165) is 12.5 Å². The second-order valence-corrected chi connectivity index (χ2v) is 4.20. The second-order valence-electron chi connectivity index (χ2n) is 2.25. The van der Waals surface area contributed by atoms with Crippen LogP contribution in [0.5, 0.6) is 0 Å². The Balaban J connectivity index is 3.36. The zero-order chi connectivity index (χ0) is 9.35. The predicted octanol–water partition coefficient (Wildman–Crippen LogP) is -1.09. The number of primary amides is 1. The van der Waals surface area contributed by atoms with Gasteiger partial charge in [0.25, 0.3) is 5.91 Å². The number of hydrogen-bond acceptors (Lipinski definition) is 4. The molecule has 1 amide bonds. The third-order valence-corrected chi connectivity index (χ3v) is 2.29. The Kier molecular flexibility index (Phi) is 1.89. The van der Waals surface area contributed by atoms with Gasteiger partial charge in [0.05, 0.1) is 11.8 Å². The molecule has 1 rings (SSSR count). The molecule has 0 atom stereocenters. The van der Waals surface area contributed by atoms with E-state index < -0.39 is 15.7 Å². The van der Waals surface area contributed by atoms with Gasteiger partial charge in [0.15, 0.2) is 14.9 Å². The molecule has 1 heterocycles. The Morgan fingerprint density at radius 2 is 2.25 bits per heavy atom. The minimum atomic E-state index is -3.45. The molecule has 0 aliphatic heterocycles. The highest BCUT2D eigenvalue weighted by molar-refractivity contribution is 7.90. The molecule has 0 aliphatic rings. The standard InChI is InChI=1S/C5H7N3O3S/c1-12(10,11)5-3(4(6)9)2-7-8-5/h2H,1H3,(H2,6,9)(H,7,8). The first-order valence-corrected chi connectivity index (χ1v) is 4.85. The number of aromatic amines is 1. The fraction of sp³-hybridized carbons (Fsp3) is 0.200. The number of hydrogen-bond donors (Lipinski definition) is 2. The third-order valence-electron chi connectivity index (χ3n) is 1.24. The summed E-state index contributed by atoms with van der Waals surface area (Å²) < 4.78 is 21.9. The van der Waals surface area contributed by atoms with Gasteiger partial charge in [-0.15, -0.1) is 0 Å². The fourth-order valence-electron chi connectivity index (χ4n) is 0.732. The summed E-state index contributed by atoms with van der Waals surface area (Å²) in [4.78, 5) is 10.6. The van der Waals surface area contributed by atoms with E-state index in [1.807, 2.05) is 0 Å². The highest BCUT2D eigenvalue weighted by Crippen LogP contribution is 2.09. The maximum atomic E-state index is 10.9. The van der Waals surface area contributed by atoms with Gasteiger partial charge in [-0.05, 0) is 0 Å². The molecule has 7 heteroatoms. The third kappa shape index (κ3) is 1.45. The van der Waals surface area contributed by atoms with Crippen LogP contribution in [0.3, 0.4) is 0 Å². The van der Waals surface area contributed by atoms with E-state index in [4.69, 9.17) is 5.73 Å². The fourth-order valence-corrected chi connectivity index (χ4v) is 1.50. The summed E-state index contributed by atoms with van der Waals surface area (Å²) in [5.74, 6) is -0.816. The molecule has 0 aliphatic carbocycles. The molecular weight excluding hydrogens is 182 g/mol. The van der Waals surface area contributed by atoms with Crippen LogP contribution < -0.4 is 5.73 Å². The molecule has 6 nitrogen and oxygen atoms in total. The number of amides is 1. The maximum absolute atomic E-state index is 10.9. The smallest absolute Gasteiger partial charge is 0.253 e. The second kappa shape index (κ2) is 2.59. The van der Waals surface area contributed by atoms with Gasteiger partial charge in [0.1, 0.15) is 0 Å². The number of carbonyl (C=O) groups excluding carboxylic acids is 1. The summed E-state index contributed by atoms with van der Waals surface area (Å²) in [6.45, 7) is 0. The molecule has 0 spiro atoms. The maximum Gasteiger partial charge on any atom is 0.253 e. The van der Waals surface area contributed by atoms with Crippen LogP contribution in [0.25, 0.3) is 0 Å². The minimum Gasteiger partial charge on any atom is -0.365 e. The number of rotatable bonds is 2. The number of H-pyrrole nitrogens is 1. The van der Waals surface area contributed by atoms with Gasteiger partial charge in [-0.25, -0.2) is 8.42 Å². The monoisotopic (exact) mass is 189 g/mol. The SMILES string of the molecule is CS(=O)(=O)c1[nH]ncc1C(N)=O. The summed E-state index contributed by atoms with van der Waals surface area (Å²) in [7, 11) is -3.45. The van der Waals surface area contributed by atoms with E-state index in [9.17, 15) is 13.2 Å². The van der Waals surface area contributed by atoms with Crippen LogP contribution >= 0.6 is 0 Å².